The predicted molar refractivity (Wildman–Crippen MR) is 88.1 cm³/mol. The first-order chi connectivity index (χ1) is 11.1. The standard InChI is InChI=1S/C16H21N5OS/c1-4-5-12-15(23-20-19-12)16(22)21-8-11-7-17-14(6-10(2)3)18-13(11)9-21/h7,10H,4-6,8-9H2,1-3H3. The van der Waals surface area contributed by atoms with Crippen LogP contribution in [0, 0.1) is 5.92 Å². The van der Waals surface area contributed by atoms with Gasteiger partial charge in [-0.1, -0.05) is 31.7 Å². The number of hydrogen-bond acceptors (Lipinski definition) is 6. The Hall–Kier alpha value is -1.89. The van der Waals surface area contributed by atoms with Gasteiger partial charge in [-0.05, 0) is 23.9 Å². The van der Waals surface area contributed by atoms with Gasteiger partial charge in [0.25, 0.3) is 5.91 Å². The third-order valence-electron chi connectivity index (χ3n) is 3.82. The highest BCUT2D eigenvalue weighted by atomic mass is 32.1. The van der Waals surface area contributed by atoms with E-state index in [4.69, 9.17) is 0 Å². The lowest BCUT2D eigenvalue weighted by Crippen LogP contribution is -2.25. The Kier molecular flexibility index (Phi) is 4.66. The van der Waals surface area contributed by atoms with E-state index in [1.807, 2.05) is 11.1 Å². The van der Waals surface area contributed by atoms with Gasteiger partial charge in [-0.2, -0.15) is 0 Å². The van der Waals surface area contributed by atoms with Crippen LogP contribution in [0.1, 0.15) is 59.6 Å². The van der Waals surface area contributed by atoms with Crippen molar-refractivity contribution in [1.82, 2.24) is 24.5 Å². The Morgan fingerprint density at radius 3 is 2.96 bits per heavy atom. The number of amides is 1. The van der Waals surface area contributed by atoms with Crippen LogP contribution in [0.25, 0.3) is 0 Å². The number of carbonyl (C=O) groups is 1. The fraction of sp³-hybridized carbons (Fsp3) is 0.562. The van der Waals surface area contributed by atoms with E-state index in [1.54, 1.807) is 0 Å². The number of aryl methyl sites for hydroxylation is 1. The summed E-state index contributed by atoms with van der Waals surface area (Å²) in [5.41, 5.74) is 2.82. The molecule has 122 valence electrons. The van der Waals surface area contributed by atoms with Crippen molar-refractivity contribution in [3.63, 3.8) is 0 Å². The number of carbonyl (C=O) groups excluding carboxylic acids is 1. The van der Waals surface area contributed by atoms with Crippen molar-refractivity contribution in [2.75, 3.05) is 0 Å². The van der Waals surface area contributed by atoms with Crippen LogP contribution in [0.2, 0.25) is 0 Å². The highest BCUT2D eigenvalue weighted by Gasteiger charge is 2.29. The molecule has 7 heteroatoms. The van der Waals surface area contributed by atoms with Gasteiger partial charge in [0.2, 0.25) is 0 Å². The zero-order valence-electron chi connectivity index (χ0n) is 13.7. The molecular formula is C16H21N5OS. The van der Waals surface area contributed by atoms with Gasteiger partial charge in [0.05, 0.1) is 17.9 Å². The lowest BCUT2D eigenvalue weighted by Gasteiger charge is -2.13. The van der Waals surface area contributed by atoms with Gasteiger partial charge in [-0.15, -0.1) is 5.10 Å². The van der Waals surface area contributed by atoms with Crippen molar-refractivity contribution in [1.29, 1.82) is 0 Å². The fourth-order valence-electron chi connectivity index (χ4n) is 2.72. The van der Waals surface area contributed by atoms with Crippen LogP contribution < -0.4 is 0 Å². The molecule has 1 aliphatic rings. The molecule has 23 heavy (non-hydrogen) atoms. The van der Waals surface area contributed by atoms with Gasteiger partial charge < -0.3 is 4.90 Å². The number of hydrogen-bond donors (Lipinski definition) is 0. The maximum absolute atomic E-state index is 12.7. The van der Waals surface area contributed by atoms with Crippen LogP contribution in [0.3, 0.4) is 0 Å². The molecule has 0 unspecified atom stereocenters. The van der Waals surface area contributed by atoms with E-state index in [0.29, 0.717) is 23.9 Å². The smallest absolute Gasteiger partial charge is 0.268 e. The summed E-state index contributed by atoms with van der Waals surface area (Å²) in [6.45, 7) is 7.49. The van der Waals surface area contributed by atoms with E-state index in [9.17, 15) is 4.79 Å². The molecule has 1 amide bonds. The average Bonchev–Trinajstić information content (AvgIpc) is 3.12. The predicted octanol–water partition coefficient (Wildman–Crippen LogP) is 2.64. The van der Waals surface area contributed by atoms with Gasteiger partial charge >= 0.3 is 0 Å². The average molecular weight is 331 g/mol. The molecule has 3 rings (SSSR count). The number of fused-ring (bicyclic) bond motifs is 1. The van der Waals surface area contributed by atoms with Gasteiger partial charge in [-0.25, -0.2) is 9.97 Å². The second kappa shape index (κ2) is 6.70. The van der Waals surface area contributed by atoms with E-state index in [-0.39, 0.29) is 5.91 Å². The zero-order valence-corrected chi connectivity index (χ0v) is 14.6. The Labute approximate surface area is 140 Å². The molecule has 0 radical (unpaired) electrons. The first kappa shape index (κ1) is 16.0. The molecule has 0 atom stereocenters. The topological polar surface area (TPSA) is 71.9 Å². The second-order valence-electron chi connectivity index (χ2n) is 6.32. The maximum atomic E-state index is 12.7. The third kappa shape index (κ3) is 3.39. The molecule has 0 saturated carbocycles. The van der Waals surface area contributed by atoms with E-state index in [0.717, 1.165) is 42.0 Å². The first-order valence-corrected chi connectivity index (χ1v) is 8.80. The van der Waals surface area contributed by atoms with E-state index in [2.05, 4.69) is 40.3 Å². The van der Waals surface area contributed by atoms with Gasteiger partial charge in [0, 0.05) is 24.7 Å². The summed E-state index contributed by atoms with van der Waals surface area (Å²) in [6, 6.07) is 0. The van der Waals surface area contributed by atoms with Crippen LogP contribution in [0.4, 0.5) is 0 Å². The molecule has 2 aromatic heterocycles. The summed E-state index contributed by atoms with van der Waals surface area (Å²) in [5, 5.41) is 4.09. The fourth-order valence-corrected chi connectivity index (χ4v) is 3.39. The molecule has 2 aromatic rings. The largest absolute Gasteiger partial charge is 0.327 e. The summed E-state index contributed by atoms with van der Waals surface area (Å²) in [5.74, 6) is 1.39. The van der Waals surface area contributed by atoms with Gasteiger partial charge in [-0.3, -0.25) is 4.79 Å². The minimum Gasteiger partial charge on any atom is -0.327 e. The van der Waals surface area contributed by atoms with Crippen molar-refractivity contribution >= 4 is 17.4 Å². The molecule has 0 fully saturated rings. The quantitative estimate of drug-likeness (QED) is 0.842. The van der Waals surface area contributed by atoms with Crippen LogP contribution in [-0.2, 0) is 25.9 Å². The highest BCUT2D eigenvalue weighted by molar-refractivity contribution is 7.08. The molecule has 0 bridgehead atoms. The van der Waals surface area contributed by atoms with Gasteiger partial charge in [0.15, 0.2) is 0 Å². The monoisotopic (exact) mass is 331 g/mol. The molecule has 0 aromatic carbocycles. The summed E-state index contributed by atoms with van der Waals surface area (Å²) in [7, 11) is 0. The lowest BCUT2D eigenvalue weighted by atomic mass is 10.1. The molecule has 0 N–H and O–H groups in total. The summed E-state index contributed by atoms with van der Waals surface area (Å²) >= 11 is 1.19. The molecule has 3 heterocycles. The van der Waals surface area contributed by atoms with Crippen LogP contribution in [0.5, 0.6) is 0 Å². The SMILES string of the molecule is CCCc1nnsc1C(=O)N1Cc2cnc(CC(C)C)nc2C1. The van der Waals surface area contributed by atoms with Crippen molar-refractivity contribution in [3.8, 4) is 0 Å². The summed E-state index contributed by atoms with van der Waals surface area (Å²) in [6.07, 6.45) is 4.47. The lowest BCUT2D eigenvalue weighted by molar-refractivity contribution is 0.0754. The maximum Gasteiger partial charge on any atom is 0.268 e. The first-order valence-electron chi connectivity index (χ1n) is 8.02. The minimum atomic E-state index is 0.00635. The molecule has 1 aliphatic heterocycles. The second-order valence-corrected chi connectivity index (χ2v) is 7.07. The normalized spacial score (nSPS) is 13.7. The Balaban J connectivity index is 1.76. The molecule has 0 aliphatic carbocycles. The minimum absolute atomic E-state index is 0.00635. The molecule has 0 spiro atoms. The number of aromatic nitrogens is 4. The zero-order chi connectivity index (χ0) is 16.4. The molecule has 6 nitrogen and oxygen atoms in total. The Morgan fingerprint density at radius 2 is 2.22 bits per heavy atom. The third-order valence-corrected chi connectivity index (χ3v) is 4.58. The number of nitrogens with zero attached hydrogens (tertiary/aromatic N) is 5. The van der Waals surface area contributed by atoms with Gasteiger partial charge in [0.1, 0.15) is 10.7 Å². The molecule has 0 saturated heterocycles. The van der Waals surface area contributed by atoms with Crippen LogP contribution in [0.15, 0.2) is 6.20 Å². The van der Waals surface area contributed by atoms with Crippen LogP contribution >= 0.6 is 11.5 Å². The number of rotatable bonds is 5. The Morgan fingerprint density at radius 1 is 1.39 bits per heavy atom. The molecular weight excluding hydrogens is 310 g/mol. The summed E-state index contributed by atoms with van der Waals surface area (Å²) < 4.78 is 3.95. The van der Waals surface area contributed by atoms with Crippen molar-refractivity contribution in [2.45, 2.75) is 53.1 Å². The van der Waals surface area contributed by atoms with Crippen LogP contribution in [-0.4, -0.2) is 30.4 Å². The van der Waals surface area contributed by atoms with E-state index >= 15 is 0 Å². The van der Waals surface area contributed by atoms with Crippen molar-refractivity contribution < 1.29 is 4.79 Å². The van der Waals surface area contributed by atoms with Crippen molar-refractivity contribution in [2.24, 2.45) is 5.92 Å². The highest BCUT2D eigenvalue weighted by Crippen LogP contribution is 2.25. The van der Waals surface area contributed by atoms with E-state index in [1.165, 1.54) is 11.5 Å². The Bertz CT molecular complexity index is 712. The summed E-state index contributed by atoms with van der Waals surface area (Å²) in [4.78, 5) is 24.3. The van der Waals surface area contributed by atoms with E-state index < -0.39 is 0 Å². The van der Waals surface area contributed by atoms with Crippen molar-refractivity contribution in [3.05, 3.63) is 33.8 Å².